The Morgan fingerprint density at radius 3 is 2.71 bits per heavy atom. The number of hydrogen-bond donors (Lipinski definition) is 2. The van der Waals surface area contributed by atoms with Gasteiger partial charge in [-0.25, -0.2) is 4.79 Å². The largest absolute Gasteiger partial charge is 0.444 e. The molecule has 2 N–H and O–H groups in total. The first kappa shape index (κ1) is 17.8. The van der Waals surface area contributed by atoms with Crippen LogP contribution < -0.4 is 10.6 Å². The van der Waals surface area contributed by atoms with Gasteiger partial charge < -0.3 is 14.6 Å². The number of hydrogen-bond acceptors (Lipinski definition) is 6. The van der Waals surface area contributed by atoms with Gasteiger partial charge in [-0.2, -0.15) is 4.98 Å². The molecule has 0 unspecified atom stereocenters. The van der Waals surface area contributed by atoms with Crippen molar-refractivity contribution >= 4 is 17.5 Å². The molecule has 0 aliphatic heterocycles. The fourth-order valence-corrected chi connectivity index (χ4v) is 1.99. The van der Waals surface area contributed by atoms with Gasteiger partial charge in [0.05, 0.1) is 6.54 Å². The summed E-state index contributed by atoms with van der Waals surface area (Å²) >= 11 is 0. The summed E-state index contributed by atoms with van der Waals surface area (Å²) in [6, 6.07) is 5.59. The summed E-state index contributed by atoms with van der Waals surface area (Å²) in [6.45, 7) is 9.85. The summed E-state index contributed by atoms with van der Waals surface area (Å²) in [5.74, 6) is 1.21. The molecule has 24 heavy (non-hydrogen) atoms. The molecule has 2 rings (SSSR count). The van der Waals surface area contributed by atoms with Crippen LogP contribution in [0.15, 0.2) is 22.7 Å². The van der Waals surface area contributed by atoms with Gasteiger partial charge in [-0.3, -0.25) is 5.32 Å². The predicted molar refractivity (Wildman–Crippen MR) is 92.0 cm³/mol. The minimum atomic E-state index is -0.536. The van der Waals surface area contributed by atoms with Gasteiger partial charge in [-0.05, 0) is 45.4 Å². The number of anilines is 2. The van der Waals surface area contributed by atoms with Crippen molar-refractivity contribution in [1.29, 1.82) is 0 Å². The number of aromatic nitrogens is 2. The van der Waals surface area contributed by atoms with E-state index in [1.165, 1.54) is 0 Å². The normalized spacial score (nSPS) is 11.2. The molecule has 0 spiro atoms. The second kappa shape index (κ2) is 7.33. The first-order valence-corrected chi connectivity index (χ1v) is 7.93. The van der Waals surface area contributed by atoms with Crippen LogP contribution in [-0.4, -0.2) is 21.8 Å². The molecule has 0 aliphatic rings. The molecule has 0 atom stereocenters. The Morgan fingerprint density at radius 2 is 2.08 bits per heavy atom. The molecule has 7 heteroatoms. The molecule has 0 fully saturated rings. The van der Waals surface area contributed by atoms with Crippen LogP contribution in [-0.2, 0) is 17.7 Å². The Morgan fingerprint density at radius 1 is 1.33 bits per heavy atom. The Bertz CT molecular complexity index is 704. The van der Waals surface area contributed by atoms with Crippen LogP contribution in [0.4, 0.5) is 16.2 Å². The van der Waals surface area contributed by atoms with E-state index in [1.54, 1.807) is 0 Å². The molecular weight excluding hydrogens is 308 g/mol. The molecular formula is C17H24N4O3. The second-order valence-electron chi connectivity index (χ2n) is 6.47. The smallest absolute Gasteiger partial charge is 0.412 e. The third kappa shape index (κ3) is 5.26. The van der Waals surface area contributed by atoms with Crippen LogP contribution in [0.25, 0.3) is 0 Å². The molecule has 0 saturated heterocycles. The van der Waals surface area contributed by atoms with Crippen molar-refractivity contribution < 1.29 is 14.1 Å². The van der Waals surface area contributed by atoms with E-state index in [0.29, 0.717) is 30.4 Å². The third-order valence-electron chi connectivity index (χ3n) is 3.13. The van der Waals surface area contributed by atoms with E-state index >= 15 is 0 Å². The zero-order valence-electron chi connectivity index (χ0n) is 14.8. The Labute approximate surface area is 141 Å². The molecule has 1 heterocycles. The zero-order valence-corrected chi connectivity index (χ0v) is 14.8. The first-order valence-electron chi connectivity index (χ1n) is 7.93. The van der Waals surface area contributed by atoms with Crippen molar-refractivity contribution in [2.75, 3.05) is 10.6 Å². The van der Waals surface area contributed by atoms with E-state index in [2.05, 4.69) is 20.8 Å². The highest BCUT2D eigenvalue weighted by Crippen LogP contribution is 2.21. The highest BCUT2D eigenvalue weighted by molar-refractivity contribution is 5.85. The van der Waals surface area contributed by atoms with Crippen LogP contribution in [0.1, 0.15) is 45.0 Å². The van der Waals surface area contributed by atoms with Gasteiger partial charge >= 0.3 is 6.09 Å². The topological polar surface area (TPSA) is 89.3 Å². The lowest BCUT2D eigenvalue weighted by atomic mass is 10.1. The fourth-order valence-electron chi connectivity index (χ4n) is 1.99. The van der Waals surface area contributed by atoms with Gasteiger partial charge in [0.1, 0.15) is 5.60 Å². The monoisotopic (exact) mass is 332 g/mol. The van der Waals surface area contributed by atoms with E-state index in [0.717, 1.165) is 11.3 Å². The van der Waals surface area contributed by atoms with E-state index < -0.39 is 11.7 Å². The first-order chi connectivity index (χ1) is 11.3. The van der Waals surface area contributed by atoms with E-state index in [-0.39, 0.29) is 0 Å². The molecule has 0 radical (unpaired) electrons. The molecule has 1 aromatic heterocycles. The second-order valence-corrected chi connectivity index (χ2v) is 6.47. The Kier molecular flexibility index (Phi) is 5.43. The van der Waals surface area contributed by atoms with Gasteiger partial charge in [0.15, 0.2) is 5.82 Å². The number of nitrogens with zero attached hydrogens (tertiary/aromatic N) is 2. The van der Waals surface area contributed by atoms with Crippen LogP contribution in [0.2, 0.25) is 0 Å². The van der Waals surface area contributed by atoms with Gasteiger partial charge in [-0.1, -0.05) is 18.1 Å². The average molecular weight is 332 g/mol. The number of ether oxygens (including phenoxy) is 1. The Hall–Kier alpha value is -2.57. The minimum absolute atomic E-state index is 0.445. The summed E-state index contributed by atoms with van der Waals surface area (Å²) in [7, 11) is 0. The molecule has 0 bridgehead atoms. The zero-order chi connectivity index (χ0) is 17.7. The summed E-state index contributed by atoms with van der Waals surface area (Å²) < 4.78 is 10.3. The summed E-state index contributed by atoms with van der Waals surface area (Å²) in [5.41, 5.74) is 2.04. The number of benzene rings is 1. The third-order valence-corrected chi connectivity index (χ3v) is 3.13. The average Bonchev–Trinajstić information content (AvgIpc) is 2.94. The minimum Gasteiger partial charge on any atom is -0.444 e. The highest BCUT2D eigenvalue weighted by atomic mass is 16.6. The number of carbonyl (C=O) groups excluding carboxylic acids is 1. The van der Waals surface area contributed by atoms with Crippen molar-refractivity contribution in [3.05, 3.63) is 35.5 Å². The maximum Gasteiger partial charge on any atom is 0.412 e. The number of amides is 1. The molecule has 1 aromatic carbocycles. The van der Waals surface area contributed by atoms with Gasteiger partial charge in [-0.15, -0.1) is 0 Å². The number of nitrogens with one attached hydrogen (secondary N) is 2. The Balaban J connectivity index is 2.01. The van der Waals surface area contributed by atoms with Gasteiger partial charge in [0.2, 0.25) is 5.89 Å². The van der Waals surface area contributed by atoms with Crippen LogP contribution in [0, 0.1) is 6.92 Å². The van der Waals surface area contributed by atoms with Crippen molar-refractivity contribution in [1.82, 2.24) is 10.1 Å². The van der Waals surface area contributed by atoms with Crippen LogP contribution in [0.5, 0.6) is 0 Å². The maximum absolute atomic E-state index is 11.9. The number of carbonyl (C=O) groups is 1. The highest BCUT2D eigenvalue weighted by Gasteiger charge is 2.16. The van der Waals surface area contributed by atoms with Crippen molar-refractivity contribution in [3.63, 3.8) is 0 Å². The molecule has 0 saturated carbocycles. The van der Waals surface area contributed by atoms with Gasteiger partial charge in [0.25, 0.3) is 0 Å². The number of aryl methyl sites for hydroxylation is 2. The van der Waals surface area contributed by atoms with E-state index in [9.17, 15) is 4.79 Å². The lowest BCUT2D eigenvalue weighted by Gasteiger charge is -2.20. The standard InChI is InChI=1S/C17H24N4O3/c1-6-15-20-14(21-24-15)10-18-13-9-12(8-7-11(13)2)19-16(22)23-17(3,4)5/h7-9,18H,6,10H2,1-5H3,(H,19,22). The molecule has 1 amide bonds. The predicted octanol–water partition coefficient (Wildman–Crippen LogP) is 3.90. The van der Waals surface area contributed by atoms with E-state index in [1.807, 2.05) is 52.8 Å². The molecule has 7 nitrogen and oxygen atoms in total. The fraction of sp³-hybridized carbons (Fsp3) is 0.471. The molecule has 0 aliphatic carbocycles. The van der Waals surface area contributed by atoms with Crippen molar-refractivity contribution in [2.45, 2.75) is 53.2 Å². The van der Waals surface area contributed by atoms with Crippen LogP contribution in [0.3, 0.4) is 0 Å². The van der Waals surface area contributed by atoms with Crippen LogP contribution >= 0.6 is 0 Å². The maximum atomic E-state index is 11.9. The molecule has 130 valence electrons. The lowest BCUT2D eigenvalue weighted by molar-refractivity contribution is 0.0636. The van der Waals surface area contributed by atoms with Crippen molar-refractivity contribution in [3.8, 4) is 0 Å². The molecule has 2 aromatic rings. The summed E-state index contributed by atoms with van der Waals surface area (Å²) in [5, 5.41) is 9.88. The summed E-state index contributed by atoms with van der Waals surface area (Å²) in [6.07, 6.45) is 0.226. The van der Waals surface area contributed by atoms with Gasteiger partial charge in [0, 0.05) is 17.8 Å². The SMILES string of the molecule is CCc1nc(CNc2cc(NC(=O)OC(C)(C)C)ccc2C)no1. The lowest BCUT2D eigenvalue weighted by Crippen LogP contribution is -2.27. The van der Waals surface area contributed by atoms with Crippen molar-refractivity contribution in [2.24, 2.45) is 0 Å². The summed E-state index contributed by atoms with van der Waals surface area (Å²) in [4.78, 5) is 16.1. The van der Waals surface area contributed by atoms with E-state index in [4.69, 9.17) is 9.26 Å². The number of rotatable bonds is 5. The quantitative estimate of drug-likeness (QED) is 0.863.